The molecule has 7 heteroatoms. The molecule has 0 aromatic carbocycles. The maximum absolute atomic E-state index is 4.36. The van der Waals surface area contributed by atoms with E-state index in [1.807, 2.05) is 37.6 Å². The zero-order chi connectivity index (χ0) is 16.8. The Morgan fingerprint density at radius 1 is 1.28 bits per heavy atom. The van der Waals surface area contributed by atoms with Crippen LogP contribution in [-0.2, 0) is 6.54 Å². The Labute approximate surface area is 166 Å². The van der Waals surface area contributed by atoms with Crippen molar-refractivity contribution in [3.8, 4) is 5.82 Å². The molecule has 0 saturated heterocycles. The van der Waals surface area contributed by atoms with Gasteiger partial charge in [-0.2, -0.15) is 5.10 Å². The molecule has 1 fully saturated rings. The number of nitrogens with one attached hydrogen (secondary N) is 2. The molecule has 1 aliphatic carbocycles. The summed E-state index contributed by atoms with van der Waals surface area (Å²) in [5.41, 5.74) is 1.15. The Morgan fingerprint density at radius 2 is 2.08 bits per heavy atom. The molecule has 3 rings (SSSR count). The van der Waals surface area contributed by atoms with E-state index in [-0.39, 0.29) is 24.0 Å². The molecule has 2 aromatic heterocycles. The number of rotatable bonds is 4. The Bertz CT molecular complexity index is 662. The molecule has 2 heterocycles. The second kappa shape index (κ2) is 9.74. The summed E-state index contributed by atoms with van der Waals surface area (Å²) in [5.74, 6) is 2.55. The molecule has 136 valence electrons. The van der Waals surface area contributed by atoms with Crippen LogP contribution in [-0.4, -0.2) is 33.8 Å². The number of pyridine rings is 1. The summed E-state index contributed by atoms with van der Waals surface area (Å²) in [7, 11) is 1.82. The summed E-state index contributed by atoms with van der Waals surface area (Å²) < 4.78 is 1.76. The van der Waals surface area contributed by atoms with Gasteiger partial charge in [-0.05, 0) is 55.4 Å². The third-order valence-electron chi connectivity index (χ3n) is 4.59. The fourth-order valence-electron chi connectivity index (χ4n) is 3.08. The van der Waals surface area contributed by atoms with Gasteiger partial charge >= 0.3 is 0 Å². The molecule has 1 saturated carbocycles. The molecule has 0 aliphatic heterocycles. The number of aromatic nitrogens is 3. The topological polar surface area (TPSA) is 67.1 Å². The van der Waals surface area contributed by atoms with Gasteiger partial charge in [0.05, 0.1) is 0 Å². The van der Waals surface area contributed by atoms with Gasteiger partial charge in [-0.3, -0.25) is 4.99 Å². The van der Waals surface area contributed by atoms with Crippen molar-refractivity contribution in [3.63, 3.8) is 0 Å². The second-order valence-electron chi connectivity index (χ2n) is 6.50. The van der Waals surface area contributed by atoms with E-state index < -0.39 is 0 Å². The molecule has 0 atom stereocenters. The van der Waals surface area contributed by atoms with E-state index in [4.69, 9.17) is 0 Å². The van der Waals surface area contributed by atoms with Crippen molar-refractivity contribution in [2.75, 3.05) is 7.05 Å². The zero-order valence-electron chi connectivity index (χ0n) is 14.9. The summed E-state index contributed by atoms with van der Waals surface area (Å²) in [6.45, 7) is 3.05. The van der Waals surface area contributed by atoms with Crippen LogP contribution in [0.3, 0.4) is 0 Å². The minimum absolute atomic E-state index is 0. The molecule has 0 unspecified atom stereocenters. The summed E-state index contributed by atoms with van der Waals surface area (Å²) in [6, 6.07) is 6.47. The Hall–Kier alpha value is -1.64. The average molecular weight is 454 g/mol. The van der Waals surface area contributed by atoms with Gasteiger partial charge in [0.25, 0.3) is 0 Å². The number of halogens is 1. The highest BCUT2D eigenvalue weighted by Crippen LogP contribution is 2.23. The Kier molecular flexibility index (Phi) is 7.67. The largest absolute Gasteiger partial charge is 0.354 e. The minimum atomic E-state index is 0. The normalized spacial score (nSPS) is 20.6. The van der Waals surface area contributed by atoms with Crippen LogP contribution in [0, 0.1) is 5.92 Å². The van der Waals surface area contributed by atoms with Crippen LogP contribution in [0.25, 0.3) is 5.82 Å². The maximum atomic E-state index is 4.36. The lowest BCUT2D eigenvalue weighted by atomic mass is 9.87. The van der Waals surface area contributed by atoms with Crippen molar-refractivity contribution >= 4 is 29.9 Å². The van der Waals surface area contributed by atoms with Crippen LogP contribution in [0.15, 0.2) is 41.8 Å². The summed E-state index contributed by atoms with van der Waals surface area (Å²) in [4.78, 5) is 8.71. The highest BCUT2D eigenvalue weighted by molar-refractivity contribution is 14.0. The van der Waals surface area contributed by atoms with Crippen LogP contribution in [0.1, 0.15) is 38.2 Å². The van der Waals surface area contributed by atoms with Gasteiger partial charge in [0.2, 0.25) is 0 Å². The quantitative estimate of drug-likeness (QED) is 0.423. The molecule has 25 heavy (non-hydrogen) atoms. The molecule has 2 N–H and O–H groups in total. The molecular formula is C18H27IN6. The van der Waals surface area contributed by atoms with E-state index in [0.29, 0.717) is 12.6 Å². The predicted molar refractivity (Wildman–Crippen MR) is 112 cm³/mol. The lowest BCUT2D eigenvalue weighted by Crippen LogP contribution is -2.44. The first-order chi connectivity index (χ1) is 11.7. The van der Waals surface area contributed by atoms with Crippen LogP contribution >= 0.6 is 24.0 Å². The molecular weight excluding hydrogens is 427 g/mol. The highest BCUT2D eigenvalue weighted by Gasteiger charge is 2.18. The molecule has 0 bridgehead atoms. The predicted octanol–water partition coefficient (Wildman–Crippen LogP) is 3.13. The zero-order valence-corrected chi connectivity index (χ0v) is 17.2. The van der Waals surface area contributed by atoms with Gasteiger partial charge in [-0.25, -0.2) is 9.67 Å². The monoisotopic (exact) mass is 454 g/mol. The van der Waals surface area contributed by atoms with Crippen molar-refractivity contribution < 1.29 is 0 Å². The van der Waals surface area contributed by atoms with Gasteiger partial charge in [-0.15, -0.1) is 24.0 Å². The van der Waals surface area contributed by atoms with Crippen LogP contribution < -0.4 is 10.6 Å². The molecule has 0 amide bonds. The van der Waals surface area contributed by atoms with Crippen molar-refractivity contribution in [1.82, 2.24) is 25.4 Å². The molecule has 0 spiro atoms. The SMILES string of the molecule is CN=C(NCc1ccnc(-n2cccn2)c1)NC1CCC(C)CC1.I. The smallest absolute Gasteiger partial charge is 0.191 e. The number of aliphatic imine (C=N–C) groups is 1. The lowest BCUT2D eigenvalue weighted by molar-refractivity contribution is 0.329. The first-order valence-electron chi connectivity index (χ1n) is 8.66. The van der Waals surface area contributed by atoms with Gasteiger partial charge in [0, 0.05) is 38.2 Å². The third-order valence-corrected chi connectivity index (χ3v) is 4.59. The first kappa shape index (κ1) is 19.7. The van der Waals surface area contributed by atoms with E-state index >= 15 is 0 Å². The first-order valence-corrected chi connectivity index (χ1v) is 8.66. The molecule has 2 aromatic rings. The van der Waals surface area contributed by atoms with E-state index in [1.54, 1.807) is 10.9 Å². The van der Waals surface area contributed by atoms with Crippen LogP contribution in [0.5, 0.6) is 0 Å². The van der Waals surface area contributed by atoms with Crippen molar-refractivity contribution in [1.29, 1.82) is 0 Å². The standard InChI is InChI=1S/C18H26N6.HI/c1-14-4-6-16(7-5-14)23-18(19-2)21-13-15-8-10-20-17(12-15)24-11-3-9-22-24;/h3,8-12,14,16H,4-7,13H2,1-2H3,(H2,19,21,23);1H. The summed E-state index contributed by atoms with van der Waals surface area (Å²) >= 11 is 0. The number of guanidine groups is 1. The summed E-state index contributed by atoms with van der Waals surface area (Å²) in [5, 5.41) is 11.2. The number of hydrogen-bond acceptors (Lipinski definition) is 3. The van der Waals surface area contributed by atoms with Crippen molar-refractivity contribution in [2.24, 2.45) is 10.9 Å². The maximum Gasteiger partial charge on any atom is 0.191 e. The van der Waals surface area contributed by atoms with Gasteiger partial charge in [-0.1, -0.05) is 6.92 Å². The Balaban J connectivity index is 0.00000225. The minimum Gasteiger partial charge on any atom is -0.354 e. The van der Waals surface area contributed by atoms with Crippen molar-refractivity contribution in [2.45, 2.75) is 45.2 Å². The number of nitrogens with zero attached hydrogens (tertiary/aromatic N) is 4. The van der Waals surface area contributed by atoms with E-state index in [0.717, 1.165) is 23.3 Å². The van der Waals surface area contributed by atoms with Gasteiger partial charge < -0.3 is 10.6 Å². The molecule has 0 radical (unpaired) electrons. The van der Waals surface area contributed by atoms with E-state index in [2.05, 4.69) is 32.6 Å². The van der Waals surface area contributed by atoms with Gasteiger partial charge in [0.1, 0.15) is 0 Å². The molecule has 1 aliphatic rings. The average Bonchev–Trinajstić information content (AvgIpc) is 3.15. The van der Waals surface area contributed by atoms with Gasteiger partial charge in [0.15, 0.2) is 11.8 Å². The molecule has 6 nitrogen and oxygen atoms in total. The lowest BCUT2D eigenvalue weighted by Gasteiger charge is -2.28. The fraction of sp³-hybridized carbons (Fsp3) is 0.500. The van der Waals surface area contributed by atoms with Crippen LogP contribution in [0.2, 0.25) is 0 Å². The van der Waals surface area contributed by atoms with Crippen LogP contribution in [0.4, 0.5) is 0 Å². The highest BCUT2D eigenvalue weighted by atomic mass is 127. The van der Waals surface area contributed by atoms with Crippen molar-refractivity contribution in [3.05, 3.63) is 42.4 Å². The fourth-order valence-corrected chi connectivity index (χ4v) is 3.08. The Morgan fingerprint density at radius 3 is 2.76 bits per heavy atom. The number of hydrogen-bond donors (Lipinski definition) is 2. The third kappa shape index (κ3) is 5.69. The van der Waals surface area contributed by atoms with E-state index in [9.17, 15) is 0 Å². The summed E-state index contributed by atoms with van der Waals surface area (Å²) in [6.07, 6.45) is 10.5. The van der Waals surface area contributed by atoms with E-state index in [1.165, 1.54) is 25.7 Å². The second-order valence-corrected chi connectivity index (χ2v) is 6.50.